The molecule has 4 aromatic carbocycles. The Morgan fingerprint density at radius 2 is 1.28 bits per heavy atom. The molecular formula is C23H16O2. The van der Waals surface area contributed by atoms with Gasteiger partial charge in [-0.2, -0.15) is 0 Å². The van der Waals surface area contributed by atoms with Crippen LogP contribution in [0, 0.1) is 0 Å². The number of carbonyl (C=O) groups is 1. The molecule has 2 nitrogen and oxygen atoms in total. The lowest BCUT2D eigenvalue weighted by atomic mass is 9.88. The quantitative estimate of drug-likeness (QED) is 0.511. The van der Waals surface area contributed by atoms with Crippen molar-refractivity contribution in [3.8, 4) is 22.3 Å². The molecule has 0 amide bonds. The van der Waals surface area contributed by atoms with Gasteiger partial charge in [-0.15, -0.1) is 0 Å². The van der Waals surface area contributed by atoms with Gasteiger partial charge in [-0.1, -0.05) is 84.9 Å². The van der Waals surface area contributed by atoms with Crippen LogP contribution in [0.15, 0.2) is 91.0 Å². The third-order valence-electron chi connectivity index (χ3n) is 4.42. The van der Waals surface area contributed by atoms with Crippen molar-refractivity contribution < 1.29 is 9.90 Å². The maximum absolute atomic E-state index is 11.9. The lowest BCUT2D eigenvalue weighted by Crippen LogP contribution is -2.01. The van der Waals surface area contributed by atoms with E-state index in [9.17, 15) is 9.90 Å². The summed E-state index contributed by atoms with van der Waals surface area (Å²) in [6.45, 7) is 0. The van der Waals surface area contributed by atoms with E-state index in [4.69, 9.17) is 0 Å². The van der Waals surface area contributed by atoms with E-state index in [1.807, 2.05) is 66.7 Å². The first kappa shape index (κ1) is 15.2. The SMILES string of the molecule is O=C(O)c1ccc2cccc(-c3ccccc3)c2c1-c1ccccc1. The molecule has 0 bridgehead atoms. The molecule has 0 saturated carbocycles. The maximum Gasteiger partial charge on any atom is 0.336 e. The van der Waals surface area contributed by atoms with E-state index in [1.54, 1.807) is 6.07 Å². The zero-order chi connectivity index (χ0) is 17.2. The number of hydrogen-bond acceptors (Lipinski definition) is 1. The van der Waals surface area contributed by atoms with Gasteiger partial charge in [0.25, 0.3) is 0 Å². The standard InChI is InChI=1S/C23H16O2/c24-23(25)20-15-14-18-12-7-13-19(16-8-3-1-4-9-16)21(18)22(20)17-10-5-2-6-11-17/h1-15H,(H,24,25). The van der Waals surface area contributed by atoms with Crippen molar-refractivity contribution in [2.24, 2.45) is 0 Å². The first-order valence-electron chi connectivity index (χ1n) is 8.15. The number of fused-ring (bicyclic) bond motifs is 1. The van der Waals surface area contributed by atoms with Crippen LogP contribution in [0.25, 0.3) is 33.0 Å². The van der Waals surface area contributed by atoms with Crippen LogP contribution in [0.4, 0.5) is 0 Å². The van der Waals surface area contributed by atoms with Crippen molar-refractivity contribution in [3.05, 3.63) is 96.6 Å². The van der Waals surface area contributed by atoms with Gasteiger partial charge in [-0.25, -0.2) is 4.79 Å². The summed E-state index contributed by atoms with van der Waals surface area (Å²) in [5, 5.41) is 11.8. The Kier molecular flexibility index (Phi) is 3.79. The van der Waals surface area contributed by atoms with Gasteiger partial charge in [0, 0.05) is 5.56 Å². The van der Waals surface area contributed by atoms with Crippen molar-refractivity contribution in [2.45, 2.75) is 0 Å². The minimum atomic E-state index is -0.913. The summed E-state index contributed by atoms with van der Waals surface area (Å²) >= 11 is 0. The van der Waals surface area contributed by atoms with E-state index >= 15 is 0 Å². The third kappa shape index (κ3) is 2.68. The van der Waals surface area contributed by atoms with Gasteiger partial charge in [0.1, 0.15) is 0 Å². The Morgan fingerprint density at radius 3 is 1.92 bits per heavy atom. The molecule has 0 unspecified atom stereocenters. The fourth-order valence-electron chi connectivity index (χ4n) is 3.32. The number of benzene rings is 4. The zero-order valence-corrected chi connectivity index (χ0v) is 13.5. The first-order chi connectivity index (χ1) is 12.3. The van der Waals surface area contributed by atoms with E-state index in [0.29, 0.717) is 5.56 Å². The van der Waals surface area contributed by atoms with Gasteiger partial charge >= 0.3 is 5.97 Å². The molecule has 0 aromatic heterocycles. The average molecular weight is 324 g/mol. The normalized spacial score (nSPS) is 10.7. The maximum atomic E-state index is 11.9. The van der Waals surface area contributed by atoms with Crippen molar-refractivity contribution in [2.75, 3.05) is 0 Å². The number of carboxylic acid groups (broad SMARTS) is 1. The number of aromatic carboxylic acids is 1. The van der Waals surface area contributed by atoms with Crippen molar-refractivity contribution in [3.63, 3.8) is 0 Å². The second kappa shape index (κ2) is 6.25. The molecule has 0 radical (unpaired) electrons. The molecule has 4 aromatic rings. The largest absolute Gasteiger partial charge is 0.478 e. The Labute approximate surface area is 146 Å². The zero-order valence-electron chi connectivity index (χ0n) is 13.5. The van der Waals surface area contributed by atoms with Crippen LogP contribution in [-0.2, 0) is 0 Å². The van der Waals surface area contributed by atoms with Gasteiger partial charge < -0.3 is 5.11 Å². The highest BCUT2D eigenvalue weighted by molar-refractivity contribution is 6.12. The van der Waals surface area contributed by atoms with E-state index in [2.05, 4.69) is 18.2 Å². The van der Waals surface area contributed by atoms with Crippen molar-refractivity contribution in [1.29, 1.82) is 0 Å². The minimum absolute atomic E-state index is 0.321. The molecule has 4 rings (SSSR count). The van der Waals surface area contributed by atoms with E-state index in [1.165, 1.54) is 0 Å². The molecule has 0 atom stereocenters. The molecule has 2 heteroatoms. The highest BCUT2D eigenvalue weighted by Gasteiger charge is 2.17. The number of rotatable bonds is 3. The van der Waals surface area contributed by atoms with Crippen LogP contribution in [0.2, 0.25) is 0 Å². The number of hydrogen-bond donors (Lipinski definition) is 1. The molecule has 0 aliphatic heterocycles. The fraction of sp³-hybridized carbons (Fsp3) is 0. The van der Waals surface area contributed by atoms with Gasteiger partial charge in [-0.3, -0.25) is 0 Å². The second-order valence-corrected chi connectivity index (χ2v) is 5.93. The molecule has 0 aliphatic rings. The van der Waals surface area contributed by atoms with E-state index < -0.39 is 5.97 Å². The summed E-state index contributed by atoms with van der Waals surface area (Å²) in [5.41, 5.74) is 4.12. The smallest absolute Gasteiger partial charge is 0.336 e. The number of carboxylic acids is 1. The van der Waals surface area contributed by atoms with E-state index in [-0.39, 0.29) is 0 Å². The molecule has 120 valence electrons. The van der Waals surface area contributed by atoms with Crippen molar-refractivity contribution >= 4 is 16.7 Å². The summed E-state index contributed by atoms with van der Waals surface area (Å²) in [4.78, 5) is 11.9. The summed E-state index contributed by atoms with van der Waals surface area (Å²) in [6.07, 6.45) is 0. The van der Waals surface area contributed by atoms with Crippen LogP contribution >= 0.6 is 0 Å². The summed E-state index contributed by atoms with van der Waals surface area (Å²) in [5.74, 6) is -0.913. The summed E-state index contributed by atoms with van der Waals surface area (Å²) in [6, 6.07) is 29.5. The molecule has 0 saturated heterocycles. The molecule has 0 fully saturated rings. The predicted molar refractivity (Wildman–Crippen MR) is 102 cm³/mol. The lowest BCUT2D eigenvalue weighted by Gasteiger charge is -2.15. The molecule has 1 N–H and O–H groups in total. The highest BCUT2D eigenvalue weighted by Crippen LogP contribution is 2.38. The third-order valence-corrected chi connectivity index (χ3v) is 4.42. The van der Waals surface area contributed by atoms with Crippen LogP contribution in [-0.4, -0.2) is 11.1 Å². The monoisotopic (exact) mass is 324 g/mol. The van der Waals surface area contributed by atoms with Gasteiger partial charge in [-0.05, 0) is 33.5 Å². The van der Waals surface area contributed by atoms with Gasteiger partial charge in [0.2, 0.25) is 0 Å². The molecule has 0 aliphatic carbocycles. The van der Waals surface area contributed by atoms with Crippen molar-refractivity contribution in [1.82, 2.24) is 0 Å². The predicted octanol–water partition coefficient (Wildman–Crippen LogP) is 5.87. The minimum Gasteiger partial charge on any atom is -0.478 e. The molecule has 0 spiro atoms. The van der Waals surface area contributed by atoms with Crippen LogP contribution < -0.4 is 0 Å². The average Bonchev–Trinajstić information content (AvgIpc) is 2.68. The summed E-state index contributed by atoms with van der Waals surface area (Å²) in [7, 11) is 0. The lowest BCUT2D eigenvalue weighted by molar-refractivity contribution is 0.0698. The Balaban J connectivity index is 2.16. The Hall–Kier alpha value is -3.39. The molecule has 0 heterocycles. The van der Waals surface area contributed by atoms with Gasteiger partial charge in [0.05, 0.1) is 5.56 Å². The van der Waals surface area contributed by atoms with Crippen LogP contribution in [0.3, 0.4) is 0 Å². The Bertz CT molecular complexity index is 1050. The topological polar surface area (TPSA) is 37.3 Å². The van der Waals surface area contributed by atoms with Gasteiger partial charge in [0.15, 0.2) is 0 Å². The first-order valence-corrected chi connectivity index (χ1v) is 8.15. The van der Waals surface area contributed by atoms with E-state index in [0.717, 1.165) is 33.0 Å². The van der Waals surface area contributed by atoms with Crippen LogP contribution in [0.5, 0.6) is 0 Å². The molecular weight excluding hydrogens is 308 g/mol. The Morgan fingerprint density at radius 1 is 0.640 bits per heavy atom. The second-order valence-electron chi connectivity index (χ2n) is 5.93. The highest BCUT2D eigenvalue weighted by atomic mass is 16.4. The fourth-order valence-corrected chi connectivity index (χ4v) is 3.32. The van der Waals surface area contributed by atoms with Crippen LogP contribution in [0.1, 0.15) is 10.4 Å². The summed E-state index contributed by atoms with van der Waals surface area (Å²) < 4.78 is 0. The molecule has 25 heavy (non-hydrogen) atoms.